The van der Waals surface area contributed by atoms with E-state index in [0.717, 1.165) is 0 Å². The smallest absolute Gasteiger partial charge is 0.405 e. The monoisotopic (exact) mass is 172 g/mol. The summed E-state index contributed by atoms with van der Waals surface area (Å²) in [6.07, 6.45) is 1.44. The van der Waals surface area contributed by atoms with Crippen LogP contribution in [0.1, 0.15) is 12.8 Å². The Bertz CT molecular complexity index is 189. The van der Waals surface area contributed by atoms with E-state index in [9.17, 15) is 9.59 Å². The number of rotatable bonds is 4. The summed E-state index contributed by atoms with van der Waals surface area (Å²) in [7, 11) is 0. The van der Waals surface area contributed by atoms with Crippen LogP contribution in [0.15, 0.2) is 0 Å². The van der Waals surface area contributed by atoms with E-state index in [4.69, 9.17) is 0 Å². The lowest BCUT2D eigenvalue weighted by atomic mass is 10.4. The van der Waals surface area contributed by atoms with Crippen molar-refractivity contribution in [1.82, 2.24) is 5.32 Å². The minimum absolute atomic E-state index is 0.276. The second-order valence-corrected chi connectivity index (χ2v) is 2.86. The minimum atomic E-state index is -0.920. The van der Waals surface area contributed by atoms with Gasteiger partial charge in [-0.2, -0.15) is 0 Å². The molecule has 3 N–H and O–H groups in total. The van der Waals surface area contributed by atoms with Gasteiger partial charge >= 0.3 is 6.09 Å². The summed E-state index contributed by atoms with van der Waals surface area (Å²) in [6, 6.07) is 0. The van der Waals surface area contributed by atoms with Gasteiger partial charge in [-0.1, -0.05) is 0 Å². The van der Waals surface area contributed by atoms with E-state index in [-0.39, 0.29) is 12.5 Å². The molecule has 0 aromatic heterocycles. The van der Waals surface area contributed by atoms with Crippen LogP contribution in [0.2, 0.25) is 0 Å². The zero-order valence-corrected chi connectivity index (χ0v) is 6.71. The number of carbonyl (C=O) groups is 2. The normalized spacial score (nSPS) is 15.3. The fraction of sp³-hybridized carbons (Fsp3) is 0.714. The van der Waals surface area contributed by atoms with Crippen molar-refractivity contribution >= 4 is 12.0 Å². The van der Waals surface area contributed by atoms with Crippen molar-refractivity contribution in [3.63, 3.8) is 0 Å². The summed E-state index contributed by atoms with van der Waals surface area (Å²) in [4.78, 5) is 20.9. The van der Waals surface area contributed by atoms with Crippen LogP contribution in [-0.4, -0.2) is 25.2 Å². The number of carbonyl (C=O) groups excluding carboxylic acids is 2. The molecule has 1 rings (SSSR count). The van der Waals surface area contributed by atoms with Crippen molar-refractivity contribution in [1.29, 1.82) is 0 Å². The molecule has 0 radical (unpaired) electrons. The van der Waals surface area contributed by atoms with E-state index < -0.39 is 6.09 Å². The number of nitrogens with two attached hydrogens (primary N) is 1. The van der Waals surface area contributed by atoms with Gasteiger partial charge in [-0.15, -0.1) is 0 Å². The van der Waals surface area contributed by atoms with Crippen molar-refractivity contribution in [3.05, 3.63) is 0 Å². The molecule has 0 saturated heterocycles. The highest BCUT2D eigenvalue weighted by Gasteiger charge is 2.21. The first kappa shape index (κ1) is 8.83. The number of primary amides is 1. The molecule has 2 amide bonds. The van der Waals surface area contributed by atoms with Gasteiger partial charge in [-0.05, 0) is 18.8 Å². The molecular formula is C7H12N2O3. The molecule has 0 spiro atoms. The van der Waals surface area contributed by atoms with E-state index in [1.807, 2.05) is 0 Å². The van der Waals surface area contributed by atoms with Gasteiger partial charge in [0, 0.05) is 6.54 Å². The number of ether oxygens (including phenoxy) is 1. The van der Waals surface area contributed by atoms with Crippen LogP contribution >= 0.6 is 0 Å². The molecule has 1 saturated carbocycles. The Hall–Kier alpha value is -1.26. The first-order chi connectivity index (χ1) is 5.68. The van der Waals surface area contributed by atoms with Gasteiger partial charge in [-0.3, -0.25) is 4.79 Å². The lowest BCUT2D eigenvalue weighted by Gasteiger charge is -2.02. The summed E-state index contributed by atoms with van der Waals surface area (Å²) in [6.45, 7) is 0.406. The molecule has 1 aliphatic rings. The van der Waals surface area contributed by atoms with Gasteiger partial charge in [0.1, 0.15) is 0 Å². The number of amides is 2. The van der Waals surface area contributed by atoms with Gasteiger partial charge in [0.25, 0.3) is 5.91 Å². The van der Waals surface area contributed by atoms with E-state index in [1.165, 1.54) is 12.8 Å². The predicted octanol–water partition coefficient (Wildman–Crippen LogP) is -0.392. The summed E-state index contributed by atoms with van der Waals surface area (Å²) >= 11 is 0. The molecule has 1 aliphatic carbocycles. The Balaban J connectivity index is 1.98. The molecule has 0 aromatic rings. The van der Waals surface area contributed by atoms with Crippen molar-refractivity contribution in [2.45, 2.75) is 12.8 Å². The summed E-state index contributed by atoms with van der Waals surface area (Å²) in [5, 5.41) is 2.63. The van der Waals surface area contributed by atoms with Gasteiger partial charge in [-0.25, -0.2) is 4.79 Å². The molecule has 5 heteroatoms. The van der Waals surface area contributed by atoms with Crippen molar-refractivity contribution in [2.75, 3.05) is 13.2 Å². The van der Waals surface area contributed by atoms with Crippen LogP contribution in [0.3, 0.4) is 0 Å². The van der Waals surface area contributed by atoms with Gasteiger partial charge in [0.15, 0.2) is 6.61 Å². The third-order valence-electron chi connectivity index (χ3n) is 1.63. The predicted molar refractivity (Wildman–Crippen MR) is 41.3 cm³/mol. The standard InChI is InChI=1S/C7H12N2O3/c8-7(11)12-4-6(10)9-3-5-1-2-5/h5H,1-4H2,(H2,8,11)(H,9,10). The molecule has 5 nitrogen and oxygen atoms in total. The fourth-order valence-corrected chi connectivity index (χ4v) is 0.768. The third-order valence-corrected chi connectivity index (χ3v) is 1.63. The fourth-order valence-electron chi connectivity index (χ4n) is 0.768. The molecule has 12 heavy (non-hydrogen) atoms. The van der Waals surface area contributed by atoms with Crippen LogP contribution in [0.5, 0.6) is 0 Å². The van der Waals surface area contributed by atoms with Gasteiger partial charge < -0.3 is 15.8 Å². The maximum Gasteiger partial charge on any atom is 0.405 e. The summed E-state index contributed by atoms with van der Waals surface area (Å²) < 4.78 is 4.28. The molecule has 0 aliphatic heterocycles. The van der Waals surface area contributed by atoms with Crippen LogP contribution in [-0.2, 0) is 9.53 Å². The molecule has 0 atom stereocenters. The molecular weight excluding hydrogens is 160 g/mol. The van der Waals surface area contributed by atoms with Crippen LogP contribution < -0.4 is 11.1 Å². The maximum absolute atomic E-state index is 10.8. The zero-order valence-electron chi connectivity index (χ0n) is 6.71. The summed E-state index contributed by atoms with van der Waals surface area (Å²) in [5.74, 6) is 0.336. The Kier molecular flexibility index (Phi) is 2.90. The first-order valence-electron chi connectivity index (χ1n) is 3.87. The number of hydrogen-bond donors (Lipinski definition) is 2. The number of hydrogen-bond acceptors (Lipinski definition) is 3. The van der Waals surface area contributed by atoms with Crippen molar-refractivity contribution in [3.8, 4) is 0 Å². The Morgan fingerprint density at radius 3 is 2.67 bits per heavy atom. The first-order valence-corrected chi connectivity index (χ1v) is 3.87. The van der Waals surface area contributed by atoms with E-state index in [2.05, 4.69) is 15.8 Å². The summed E-state index contributed by atoms with van der Waals surface area (Å²) in [5.41, 5.74) is 4.67. The average Bonchev–Trinajstić information content (AvgIpc) is 2.80. The SMILES string of the molecule is NC(=O)OCC(=O)NCC1CC1. The highest BCUT2D eigenvalue weighted by Crippen LogP contribution is 2.27. The average molecular weight is 172 g/mol. The van der Waals surface area contributed by atoms with Crippen molar-refractivity contribution < 1.29 is 14.3 Å². The lowest BCUT2D eigenvalue weighted by Crippen LogP contribution is -2.31. The highest BCUT2D eigenvalue weighted by molar-refractivity contribution is 5.79. The molecule has 0 bridgehead atoms. The zero-order chi connectivity index (χ0) is 8.97. The molecule has 1 fully saturated rings. The molecule has 0 heterocycles. The van der Waals surface area contributed by atoms with Gasteiger partial charge in [0.05, 0.1) is 0 Å². The Morgan fingerprint density at radius 2 is 2.17 bits per heavy atom. The number of nitrogens with one attached hydrogen (secondary N) is 1. The topological polar surface area (TPSA) is 81.4 Å². The molecule has 68 valence electrons. The second kappa shape index (κ2) is 3.94. The van der Waals surface area contributed by atoms with Crippen LogP contribution in [0.4, 0.5) is 4.79 Å². The third kappa shape index (κ3) is 3.80. The second-order valence-electron chi connectivity index (χ2n) is 2.86. The van der Waals surface area contributed by atoms with E-state index >= 15 is 0 Å². The van der Waals surface area contributed by atoms with Crippen LogP contribution in [0.25, 0.3) is 0 Å². The Morgan fingerprint density at radius 1 is 1.50 bits per heavy atom. The quantitative estimate of drug-likeness (QED) is 0.605. The van der Waals surface area contributed by atoms with Gasteiger partial charge in [0.2, 0.25) is 0 Å². The lowest BCUT2D eigenvalue weighted by molar-refractivity contribution is -0.123. The van der Waals surface area contributed by atoms with Crippen molar-refractivity contribution in [2.24, 2.45) is 11.7 Å². The maximum atomic E-state index is 10.8. The van der Waals surface area contributed by atoms with E-state index in [0.29, 0.717) is 12.5 Å². The van der Waals surface area contributed by atoms with Crippen LogP contribution in [0, 0.1) is 5.92 Å². The Labute approximate surface area is 70.2 Å². The largest absolute Gasteiger partial charge is 0.440 e. The molecule has 0 unspecified atom stereocenters. The molecule has 0 aromatic carbocycles. The minimum Gasteiger partial charge on any atom is -0.440 e. The van der Waals surface area contributed by atoms with E-state index in [1.54, 1.807) is 0 Å². The highest BCUT2D eigenvalue weighted by atomic mass is 16.5.